The van der Waals surface area contributed by atoms with Crippen molar-refractivity contribution in [3.8, 4) is 17.0 Å². The normalized spacial score (nSPS) is 10.9. The summed E-state index contributed by atoms with van der Waals surface area (Å²) in [5.74, 6) is 1.66. The molecule has 0 aliphatic rings. The van der Waals surface area contributed by atoms with Gasteiger partial charge in [0, 0.05) is 11.3 Å². The number of hydrogen-bond donors (Lipinski definition) is 0. The van der Waals surface area contributed by atoms with E-state index < -0.39 is 0 Å². The summed E-state index contributed by atoms with van der Waals surface area (Å²) in [6.45, 7) is 0. The van der Waals surface area contributed by atoms with Crippen LogP contribution in [0.15, 0.2) is 71.9 Å². The number of methoxy groups -OCH3 is 1. The van der Waals surface area contributed by atoms with Crippen LogP contribution in [0.1, 0.15) is 5.56 Å². The molecule has 0 atom stereocenters. The van der Waals surface area contributed by atoms with E-state index in [1.807, 2.05) is 54.6 Å². The summed E-state index contributed by atoms with van der Waals surface area (Å²) in [6.07, 6.45) is 0. The van der Waals surface area contributed by atoms with Gasteiger partial charge in [0.2, 0.25) is 5.16 Å². The SMILES string of the molecule is COc1ccc(-c2ccc3nnc(SCc4ccccc4)n3n2)cc1. The third-order valence-electron chi connectivity index (χ3n) is 3.83. The van der Waals surface area contributed by atoms with Crippen molar-refractivity contribution in [3.05, 3.63) is 72.3 Å². The Morgan fingerprint density at radius 1 is 0.920 bits per heavy atom. The molecule has 0 unspecified atom stereocenters. The molecule has 0 amide bonds. The largest absolute Gasteiger partial charge is 0.497 e. The maximum Gasteiger partial charge on any atom is 0.212 e. The first-order chi connectivity index (χ1) is 12.3. The lowest BCUT2D eigenvalue weighted by molar-refractivity contribution is 0.415. The molecule has 124 valence electrons. The number of hydrogen-bond acceptors (Lipinski definition) is 5. The Balaban J connectivity index is 1.62. The van der Waals surface area contributed by atoms with Crippen molar-refractivity contribution in [3.63, 3.8) is 0 Å². The van der Waals surface area contributed by atoms with Crippen LogP contribution in [0, 0.1) is 0 Å². The van der Waals surface area contributed by atoms with Crippen molar-refractivity contribution in [1.82, 2.24) is 19.8 Å². The lowest BCUT2D eigenvalue weighted by Crippen LogP contribution is -1.96. The minimum atomic E-state index is 0.743. The average molecular weight is 348 g/mol. The first kappa shape index (κ1) is 15.7. The van der Waals surface area contributed by atoms with Gasteiger partial charge in [0.15, 0.2) is 5.65 Å². The molecule has 4 aromatic rings. The van der Waals surface area contributed by atoms with Crippen LogP contribution in [-0.2, 0) is 5.75 Å². The topological polar surface area (TPSA) is 52.3 Å². The Hall–Kier alpha value is -2.86. The molecule has 0 aliphatic carbocycles. The van der Waals surface area contributed by atoms with E-state index in [1.165, 1.54) is 5.56 Å². The van der Waals surface area contributed by atoms with Crippen molar-refractivity contribution in [2.75, 3.05) is 7.11 Å². The lowest BCUT2D eigenvalue weighted by Gasteiger charge is -2.04. The fourth-order valence-corrected chi connectivity index (χ4v) is 3.34. The summed E-state index contributed by atoms with van der Waals surface area (Å²) in [5, 5.41) is 14.0. The van der Waals surface area contributed by atoms with Gasteiger partial charge in [0.25, 0.3) is 0 Å². The second-order valence-corrected chi connectivity index (χ2v) is 6.42. The van der Waals surface area contributed by atoms with E-state index >= 15 is 0 Å². The molecule has 0 radical (unpaired) electrons. The highest BCUT2D eigenvalue weighted by molar-refractivity contribution is 7.98. The van der Waals surface area contributed by atoms with E-state index in [1.54, 1.807) is 23.4 Å². The van der Waals surface area contributed by atoms with Gasteiger partial charge in [-0.1, -0.05) is 42.1 Å². The summed E-state index contributed by atoms with van der Waals surface area (Å²) >= 11 is 1.63. The quantitative estimate of drug-likeness (QED) is 0.508. The molecular weight excluding hydrogens is 332 g/mol. The molecule has 2 aromatic carbocycles. The standard InChI is InChI=1S/C19H16N4OS/c1-24-16-9-7-15(8-10-16)17-11-12-18-20-21-19(23(18)22-17)25-13-14-5-3-2-4-6-14/h2-12H,13H2,1H3. The van der Waals surface area contributed by atoms with E-state index in [-0.39, 0.29) is 0 Å². The molecule has 0 fully saturated rings. The van der Waals surface area contributed by atoms with Gasteiger partial charge >= 0.3 is 0 Å². The molecule has 0 N–H and O–H groups in total. The fraction of sp³-hybridized carbons (Fsp3) is 0.105. The molecule has 2 aromatic heterocycles. The summed E-state index contributed by atoms with van der Waals surface area (Å²) in [7, 11) is 1.66. The Morgan fingerprint density at radius 2 is 1.72 bits per heavy atom. The lowest BCUT2D eigenvalue weighted by atomic mass is 10.1. The Kier molecular flexibility index (Phi) is 4.35. The summed E-state index contributed by atoms with van der Waals surface area (Å²) in [4.78, 5) is 0. The minimum absolute atomic E-state index is 0.743. The maximum absolute atomic E-state index is 5.21. The van der Waals surface area contributed by atoms with Gasteiger partial charge in [-0.15, -0.1) is 10.2 Å². The van der Waals surface area contributed by atoms with Crippen LogP contribution in [0.3, 0.4) is 0 Å². The summed E-state index contributed by atoms with van der Waals surface area (Å²) in [6, 6.07) is 22.0. The molecule has 0 bridgehead atoms. The Labute approximate surface area is 149 Å². The molecule has 0 aliphatic heterocycles. The molecular formula is C19H16N4OS. The van der Waals surface area contributed by atoms with Crippen LogP contribution < -0.4 is 4.74 Å². The third kappa shape index (κ3) is 3.34. The van der Waals surface area contributed by atoms with Crippen molar-refractivity contribution in [1.29, 1.82) is 0 Å². The number of rotatable bonds is 5. The van der Waals surface area contributed by atoms with Crippen LogP contribution in [0.25, 0.3) is 16.9 Å². The monoisotopic (exact) mass is 348 g/mol. The average Bonchev–Trinajstić information content (AvgIpc) is 3.09. The van der Waals surface area contributed by atoms with E-state index in [0.717, 1.165) is 33.6 Å². The van der Waals surface area contributed by atoms with E-state index in [0.29, 0.717) is 0 Å². The molecule has 6 heteroatoms. The van der Waals surface area contributed by atoms with Crippen molar-refractivity contribution >= 4 is 17.4 Å². The molecule has 5 nitrogen and oxygen atoms in total. The molecule has 0 saturated carbocycles. The van der Waals surface area contributed by atoms with E-state index in [2.05, 4.69) is 22.3 Å². The van der Waals surface area contributed by atoms with Gasteiger partial charge in [-0.2, -0.15) is 9.61 Å². The molecule has 0 spiro atoms. The van der Waals surface area contributed by atoms with Crippen LogP contribution in [0.2, 0.25) is 0 Å². The summed E-state index contributed by atoms with van der Waals surface area (Å²) < 4.78 is 7.01. The van der Waals surface area contributed by atoms with Crippen molar-refractivity contribution < 1.29 is 4.74 Å². The van der Waals surface area contributed by atoms with Crippen molar-refractivity contribution in [2.45, 2.75) is 10.9 Å². The number of fused-ring (bicyclic) bond motifs is 1. The highest BCUT2D eigenvalue weighted by atomic mass is 32.2. The zero-order valence-corrected chi connectivity index (χ0v) is 14.5. The number of nitrogens with zero attached hydrogens (tertiary/aromatic N) is 4. The smallest absolute Gasteiger partial charge is 0.212 e. The van der Waals surface area contributed by atoms with Crippen LogP contribution in [0.5, 0.6) is 5.75 Å². The predicted molar refractivity (Wildman–Crippen MR) is 98.8 cm³/mol. The van der Waals surface area contributed by atoms with Crippen LogP contribution in [0.4, 0.5) is 0 Å². The number of thioether (sulfide) groups is 1. The van der Waals surface area contributed by atoms with Gasteiger partial charge in [0.05, 0.1) is 12.8 Å². The zero-order valence-electron chi connectivity index (χ0n) is 13.7. The number of aromatic nitrogens is 4. The zero-order chi connectivity index (χ0) is 17.1. The molecule has 4 rings (SSSR count). The molecule has 0 saturated heterocycles. The Morgan fingerprint density at radius 3 is 2.48 bits per heavy atom. The highest BCUT2D eigenvalue weighted by Gasteiger charge is 2.09. The van der Waals surface area contributed by atoms with Crippen LogP contribution >= 0.6 is 11.8 Å². The Bertz CT molecular complexity index is 983. The molecule has 25 heavy (non-hydrogen) atoms. The number of benzene rings is 2. The number of ether oxygens (including phenoxy) is 1. The van der Waals surface area contributed by atoms with Gasteiger partial charge in [-0.3, -0.25) is 0 Å². The third-order valence-corrected chi connectivity index (χ3v) is 4.82. The van der Waals surface area contributed by atoms with Crippen molar-refractivity contribution in [2.24, 2.45) is 0 Å². The van der Waals surface area contributed by atoms with E-state index in [9.17, 15) is 0 Å². The highest BCUT2D eigenvalue weighted by Crippen LogP contribution is 2.24. The van der Waals surface area contributed by atoms with Gasteiger partial charge in [0.1, 0.15) is 5.75 Å². The second-order valence-electron chi connectivity index (χ2n) is 5.47. The first-order valence-corrected chi connectivity index (χ1v) is 8.86. The first-order valence-electron chi connectivity index (χ1n) is 7.87. The minimum Gasteiger partial charge on any atom is -0.497 e. The van der Waals surface area contributed by atoms with Gasteiger partial charge in [-0.05, 0) is 42.0 Å². The van der Waals surface area contributed by atoms with Gasteiger partial charge in [-0.25, -0.2) is 0 Å². The predicted octanol–water partition coefficient (Wildman–Crippen LogP) is 4.09. The molecule has 2 heterocycles. The maximum atomic E-state index is 5.21. The second kappa shape index (κ2) is 6.94. The van der Waals surface area contributed by atoms with Gasteiger partial charge < -0.3 is 4.74 Å². The van der Waals surface area contributed by atoms with Crippen LogP contribution in [-0.4, -0.2) is 26.9 Å². The van der Waals surface area contributed by atoms with E-state index in [4.69, 9.17) is 9.84 Å². The fourth-order valence-electron chi connectivity index (χ4n) is 2.50. The summed E-state index contributed by atoms with van der Waals surface area (Å²) in [5.41, 5.74) is 3.88.